The molecule has 196 valence electrons. The molecule has 3 amide bonds. The maximum Gasteiger partial charge on any atom is 0.408 e. The Morgan fingerprint density at radius 2 is 1.64 bits per heavy atom. The second kappa shape index (κ2) is 12.6. The number of hydrogen-bond donors (Lipinski definition) is 2. The lowest BCUT2D eigenvalue weighted by Gasteiger charge is -2.33. The third kappa shape index (κ3) is 8.70. The molecule has 0 fully saturated rings. The van der Waals surface area contributed by atoms with E-state index in [2.05, 4.69) is 10.6 Å². The molecule has 2 aromatic rings. The largest absolute Gasteiger partial charge is 0.444 e. The van der Waals surface area contributed by atoms with Gasteiger partial charge in [-0.25, -0.2) is 4.79 Å². The summed E-state index contributed by atoms with van der Waals surface area (Å²) in [6, 6.07) is 13.7. The van der Waals surface area contributed by atoms with Gasteiger partial charge < -0.3 is 20.3 Å². The van der Waals surface area contributed by atoms with E-state index in [0.29, 0.717) is 13.0 Å². The lowest BCUT2D eigenvalue weighted by molar-refractivity contribution is -0.141. The zero-order valence-electron chi connectivity index (χ0n) is 22.8. The van der Waals surface area contributed by atoms with E-state index in [1.54, 1.807) is 27.8 Å². The van der Waals surface area contributed by atoms with Crippen LogP contribution in [0.4, 0.5) is 4.79 Å². The molecule has 0 spiro atoms. The molecule has 0 aliphatic heterocycles. The van der Waals surface area contributed by atoms with Crippen LogP contribution < -0.4 is 10.6 Å². The number of likely N-dealkylation sites (N-methyl/N-ethyl adjacent to an activating group) is 1. The summed E-state index contributed by atoms with van der Waals surface area (Å²) in [6.07, 6.45) is -0.250. The average molecular weight is 496 g/mol. The maximum absolute atomic E-state index is 13.7. The Morgan fingerprint density at radius 3 is 2.19 bits per heavy atom. The Kier molecular flexibility index (Phi) is 10.1. The first-order valence-corrected chi connectivity index (χ1v) is 12.4. The molecule has 7 nitrogen and oxygen atoms in total. The molecule has 2 aromatic carbocycles. The molecular weight excluding hydrogens is 454 g/mol. The number of nitrogens with one attached hydrogen (secondary N) is 2. The number of hydrogen-bond acceptors (Lipinski definition) is 4. The van der Waals surface area contributed by atoms with Gasteiger partial charge in [-0.3, -0.25) is 9.59 Å². The minimum absolute atomic E-state index is 0.133. The van der Waals surface area contributed by atoms with E-state index in [0.717, 1.165) is 22.3 Å². The first-order chi connectivity index (χ1) is 16.8. The van der Waals surface area contributed by atoms with Gasteiger partial charge in [0.15, 0.2) is 0 Å². The molecule has 7 heteroatoms. The van der Waals surface area contributed by atoms with E-state index in [4.69, 9.17) is 4.74 Å². The van der Waals surface area contributed by atoms with Gasteiger partial charge in [-0.05, 0) is 63.6 Å². The van der Waals surface area contributed by atoms with Gasteiger partial charge in [0.05, 0.1) is 0 Å². The number of carbonyl (C=O) groups excluding carboxylic acids is 3. The van der Waals surface area contributed by atoms with E-state index < -0.39 is 23.8 Å². The number of amides is 3. The Balaban J connectivity index is 2.36. The van der Waals surface area contributed by atoms with Gasteiger partial charge in [-0.15, -0.1) is 0 Å². The van der Waals surface area contributed by atoms with Crippen LogP contribution in [0.25, 0.3) is 0 Å². The smallest absolute Gasteiger partial charge is 0.408 e. The lowest BCUT2D eigenvalue weighted by atomic mass is 9.96. The molecule has 0 heterocycles. The molecular formula is C29H41N3O4. The molecule has 0 saturated heterocycles. The van der Waals surface area contributed by atoms with Crippen LogP contribution in [0.15, 0.2) is 48.5 Å². The number of aryl methyl sites for hydroxylation is 2. The molecule has 2 rings (SSSR count). The highest BCUT2D eigenvalue weighted by atomic mass is 16.6. The second-order valence-corrected chi connectivity index (χ2v) is 10.7. The van der Waals surface area contributed by atoms with Gasteiger partial charge in [0.25, 0.3) is 0 Å². The van der Waals surface area contributed by atoms with Crippen molar-refractivity contribution in [3.05, 3.63) is 70.8 Å². The monoisotopic (exact) mass is 495 g/mol. The molecule has 0 radical (unpaired) electrons. The summed E-state index contributed by atoms with van der Waals surface area (Å²) >= 11 is 0. The van der Waals surface area contributed by atoms with Crippen LogP contribution in [0.3, 0.4) is 0 Å². The van der Waals surface area contributed by atoms with Crippen molar-refractivity contribution in [2.45, 2.75) is 79.1 Å². The molecule has 0 aromatic heterocycles. The first kappa shape index (κ1) is 28.9. The Bertz CT molecular complexity index is 1040. The molecule has 0 bridgehead atoms. The quantitative estimate of drug-likeness (QED) is 0.509. The van der Waals surface area contributed by atoms with Crippen LogP contribution in [0.5, 0.6) is 0 Å². The second-order valence-electron chi connectivity index (χ2n) is 10.7. The van der Waals surface area contributed by atoms with Crippen LogP contribution in [-0.4, -0.2) is 41.5 Å². The Labute approximate surface area is 215 Å². The van der Waals surface area contributed by atoms with Crippen molar-refractivity contribution in [2.75, 3.05) is 7.05 Å². The average Bonchev–Trinajstić information content (AvgIpc) is 2.77. The number of carbonyl (C=O) groups is 3. The van der Waals surface area contributed by atoms with E-state index >= 15 is 0 Å². The van der Waals surface area contributed by atoms with Crippen molar-refractivity contribution in [1.82, 2.24) is 15.5 Å². The van der Waals surface area contributed by atoms with Crippen LogP contribution in [0.2, 0.25) is 0 Å². The SMILES string of the molecule is Cc1ccc(C(C(=O)NCc2ccccc2)N(C)C(=O)C(CC(C)C)NC(=O)OC(C)(C)C)c(C)c1. The number of ether oxygens (including phenoxy) is 1. The van der Waals surface area contributed by atoms with E-state index in [1.807, 2.05) is 76.2 Å². The number of nitrogens with zero attached hydrogens (tertiary/aromatic N) is 1. The fourth-order valence-electron chi connectivity index (χ4n) is 4.06. The van der Waals surface area contributed by atoms with Crippen LogP contribution in [-0.2, 0) is 20.9 Å². The van der Waals surface area contributed by atoms with Gasteiger partial charge in [-0.2, -0.15) is 0 Å². The summed E-state index contributed by atoms with van der Waals surface area (Å²) in [6.45, 7) is 13.5. The van der Waals surface area contributed by atoms with Crippen molar-refractivity contribution in [3.63, 3.8) is 0 Å². The third-order valence-corrected chi connectivity index (χ3v) is 5.71. The third-order valence-electron chi connectivity index (χ3n) is 5.71. The first-order valence-electron chi connectivity index (χ1n) is 12.4. The number of alkyl carbamates (subject to hydrolysis) is 1. The standard InChI is InChI=1S/C29H41N3O4/c1-19(2)16-24(31-28(35)36-29(5,6)7)27(34)32(8)25(23-15-14-20(3)17-21(23)4)26(33)30-18-22-12-10-9-11-13-22/h9-15,17,19,24-25H,16,18H2,1-8H3,(H,30,33)(H,31,35). The maximum atomic E-state index is 13.7. The Hall–Kier alpha value is -3.35. The van der Waals surface area contributed by atoms with Gasteiger partial charge in [0.2, 0.25) is 11.8 Å². The molecule has 2 N–H and O–H groups in total. The van der Waals surface area contributed by atoms with Crippen molar-refractivity contribution in [1.29, 1.82) is 0 Å². The predicted molar refractivity (Wildman–Crippen MR) is 142 cm³/mol. The highest BCUT2D eigenvalue weighted by Crippen LogP contribution is 2.26. The highest BCUT2D eigenvalue weighted by Gasteiger charge is 2.35. The molecule has 0 aliphatic rings. The normalized spacial score (nSPS) is 13.0. The summed E-state index contributed by atoms with van der Waals surface area (Å²) in [7, 11) is 1.61. The minimum atomic E-state index is -0.864. The Morgan fingerprint density at radius 1 is 1.00 bits per heavy atom. The molecule has 0 saturated carbocycles. The lowest BCUT2D eigenvalue weighted by Crippen LogP contribution is -2.52. The van der Waals surface area contributed by atoms with Gasteiger partial charge in [-0.1, -0.05) is 67.9 Å². The van der Waals surface area contributed by atoms with Crippen molar-refractivity contribution < 1.29 is 19.1 Å². The molecule has 36 heavy (non-hydrogen) atoms. The zero-order chi connectivity index (χ0) is 27.0. The van der Waals surface area contributed by atoms with Gasteiger partial charge in [0.1, 0.15) is 17.7 Å². The summed E-state index contributed by atoms with van der Waals surface area (Å²) in [4.78, 5) is 41.2. The number of rotatable bonds is 9. The van der Waals surface area contributed by atoms with Crippen molar-refractivity contribution in [2.24, 2.45) is 5.92 Å². The van der Waals surface area contributed by atoms with Crippen LogP contribution in [0, 0.1) is 19.8 Å². The highest BCUT2D eigenvalue weighted by molar-refractivity contribution is 5.92. The number of benzene rings is 2. The van der Waals surface area contributed by atoms with Gasteiger partial charge >= 0.3 is 6.09 Å². The van der Waals surface area contributed by atoms with Crippen LogP contribution in [0.1, 0.15) is 69.3 Å². The molecule has 0 aliphatic carbocycles. The van der Waals surface area contributed by atoms with E-state index in [1.165, 1.54) is 4.90 Å². The predicted octanol–water partition coefficient (Wildman–Crippen LogP) is 5.06. The fraction of sp³-hybridized carbons (Fsp3) is 0.483. The molecule has 2 unspecified atom stereocenters. The van der Waals surface area contributed by atoms with Crippen LogP contribution >= 0.6 is 0 Å². The minimum Gasteiger partial charge on any atom is -0.444 e. The summed E-state index contributed by atoms with van der Waals surface area (Å²) < 4.78 is 5.39. The fourth-order valence-corrected chi connectivity index (χ4v) is 4.06. The van der Waals surface area contributed by atoms with E-state index in [-0.39, 0.29) is 17.7 Å². The summed E-state index contributed by atoms with van der Waals surface area (Å²) in [5.74, 6) is -0.509. The van der Waals surface area contributed by atoms with Crippen molar-refractivity contribution in [3.8, 4) is 0 Å². The zero-order valence-corrected chi connectivity index (χ0v) is 22.8. The van der Waals surface area contributed by atoms with E-state index in [9.17, 15) is 14.4 Å². The molecule has 2 atom stereocenters. The summed E-state index contributed by atoms with van der Waals surface area (Å²) in [5.41, 5.74) is 2.99. The topological polar surface area (TPSA) is 87.7 Å². The summed E-state index contributed by atoms with van der Waals surface area (Å²) in [5, 5.41) is 5.71. The van der Waals surface area contributed by atoms with Gasteiger partial charge in [0, 0.05) is 13.6 Å². The van der Waals surface area contributed by atoms with Crippen molar-refractivity contribution >= 4 is 17.9 Å².